The number of amides is 3. The van der Waals surface area contributed by atoms with Gasteiger partial charge in [-0.2, -0.15) is 0 Å². The van der Waals surface area contributed by atoms with Crippen LogP contribution in [0.15, 0.2) is 78.9 Å². The van der Waals surface area contributed by atoms with E-state index in [-0.39, 0.29) is 5.91 Å². The number of aryl methyl sites for hydroxylation is 1. The second-order valence-corrected chi connectivity index (χ2v) is 7.18. The lowest BCUT2D eigenvalue weighted by Crippen LogP contribution is -2.43. The molecular formula is C24H23N3O2. The Labute approximate surface area is 170 Å². The molecule has 0 saturated carbocycles. The molecule has 0 aliphatic carbocycles. The minimum atomic E-state index is -0.771. The molecule has 5 heteroatoms. The van der Waals surface area contributed by atoms with Gasteiger partial charge in [0.15, 0.2) is 0 Å². The Bertz CT molecular complexity index is 1020. The number of nitrogens with zero attached hydrogens (tertiary/aromatic N) is 1. The highest BCUT2D eigenvalue weighted by Crippen LogP contribution is 2.30. The number of fused-ring (bicyclic) bond motifs is 1. The summed E-state index contributed by atoms with van der Waals surface area (Å²) >= 11 is 0. The monoisotopic (exact) mass is 385 g/mol. The van der Waals surface area contributed by atoms with Crippen molar-refractivity contribution in [1.29, 1.82) is 0 Å². The van der Waals surface area contributed by atoms with E-state index in [1.165, 1.54) is 0 Å². The van der Waals surface area contributed by atoms with Crippen molar-refractivity contribution in [3.05, 3.63) is 95.6 Å². The van der Waals surface area contributed by atoms with Crippen LogP contribution >= 0.6 is 0 Å². The largest absolute Gasteiger partial charge is 0.322 e. The highest BCUT2D eigenvalue weighted by Gasteiger charge is 2.32. The van der Waals surface area contributed by atoms with Crippen LogP contribution in [0.4, 0.5) is 16.2 Å². The van der Waals surface area contributed by atoms with Gasteiger partial charge in [-0.25, -0.2) is 4.79 Å². The van der Waals surface area contributed by atoms with Crippen molar-refractivity contribution < 1.29 is 9.59 Å². The quantitative estimate of drug-likeness (QED) is 0.697. The van der Waals surface area contributed by atoms with Crippen molar-refractivity contribution in [2.24, 2.45) is 0 Å². The van der Waals surface area contributed by atoms with Crippen LogP contribution in [0.5, 0.6) is 0 Å². The van der Waals surface area contributed by atoms with Crippen LogP contribution in [-0.4, -0.2) is 18.5 Å². The molecule has 1 aliphatic heterocycles. The van der Waals surface area contributed by atoms with Gasteiger partial charge in [0.1, 0.15) is 6.04 Å². The third-order valence-corrected chi connectivity index (χ3v) is 5.12. The SMILES string of the molecule is Cc1ccc(NC(=O)N[C@@H](C(=O)N2CCc3ccccc32)c2ccccc2)cc1. The molecule has 1 atom stereocenters. The van der Waals surface area contributed by atoms with Gasteiger partial charge in [-0.15, -0.1) is 0 Å². The van der Waals surface area contributed by atoms with Gasteiger partial charge in [0.25, 0.3) is 5.91 Å². The molecule has 0 bridgehead atoms. The van der Waals surface area contributed by atoms with Crippen LogP contribution < -0.4 is 15.5 Å². The molecule has 2 N–H and O–H groups in total. The molecule has 4 rings (SSSR count). The van der Waals surface area contributed by atoms with Gasteiger partial charge >= 0.3 is 6.03 Å². The molecule has 0 spiro atoms. The number of carbonyl (C=O) groups is 2. The number of benzene rings is 3. The lowest BCUT2D eigenvalue weighted by molar-refractivity contribution is -0.120. The Morgan fingerprint density at radius 1 is 0.897 bits per heavy atom. The minimum absolute atomic E-state index is 0.139. The number of urea groups is 1. The third-order valence-electron chi connectivity index (χ3n) is 5.12. The van der Waals surface area contributed by atoms with E-state index in [2.05, 4.69) is 10.6 Å². The predicted octanol–water partition coefficient (Wildman–Crippen LogP) is 4.45. The minimum Gasteiger partial charge on any atom is -0.322 e. The lowest BCUT2D eigenvalue weighted by atomic mass is 10.1. The van der Waals surface area contributed by atoms with Gasteiger partial charge in [0, 0.05) is 17.9 Å². The Balaban J connectivity index is 1.56. The molecule has 0 aromatic heterocycles. The summed E-state index contributed by atoms with van der Waals surface area (Å²) in [7, 11) is 0. The molecule has 1 heterocycles. The van der Waals surface area contributed by atoms with E-state index in [1.54, 1.807) is 4.90 Å². The van der Waals surface area contributed by atoms with E-state index in [1.807, 2.05) is 85.8 Å². The third kappa shape index (κ3) is 4.14. The fourth-order valence-electron chi connectivity index (χ4n) is 3.59. The van der Waals surface area contributed by atoms with Crippen LogP contribution in [0.3, 0.4) is 0 Å². The Morgan fingerprint density at radius 2 is 1.59 bits per heavy atom. The van der Waals surface area contributed by atoms with Crippen molar-refractivity contribution in [3.8, 4) is 0 Å². The van der Waals surface area contributed by atoms with Crippen molar-refractivity contribution in [1.82, 2.24) is 5.32 Å². The summed E-state index contributed by atoms with van der Waals surface area (Å²) in [5, 5.41) is 5.68. The molecule has 29 heavy (non-hydrogen) atoms. The van der Waals surface area contributed by atoms with Crippen LogP contribution in [-0.2, 0) is 11.2 Å². The van der Waals surface area contributed by atoms with E-state index in [0.717, 1.165) is 28.8 Å². The molecular weight excluding hydrogens is 362 g/mol. The maximum Gasteiger partial charge on any atom is 0.320 e. The van der Waals surface area contributed by atoms with Gasteiger partial charge in [-0.05, 0) is 42.7 Å². The van der Waals surface area contributed by atoms with Crippen molar-refractivity contribution >= 4 is 23.3 Å². The van der Waals surface area contributed by atoms with E-state index in [0.29, 0.717) is 12.2 Å². The second kappa shape index (κ2) is 8.19. The van der Waals surface area contributed by atoms with Crippen molar-refractivity contribution in [2.45, 2.75) is 19.4 Å². The lowest BCUT2D eigenvalue weighted by Gasteiger charge is -2.25. The summed E-state index contributed by atoms with van der Waals surface area (Å²) in [4.78, 5) is 27.8. The Kier molecular flexibility index (Phi) is 5.29. The topological polar surface area (TPSA) is 61.4 Å². The van der Waals surface area contributed by atoms with Crippen molar-refractivity contribution in [3.63, 3.8) is 0 Å². The highest BCUT2D eigenvalue weighted by atomic mass is 16.2. The Morgan fingerprint density at radius 3 is 2.34 bits per heavy atom. The first-order valence-electron chi connectivity index (χ1n) is 9.70. The average Bonchev–Trinajstić information content (AvgIpc) is 3.18. The smallest absolute Gasteiger partial charge is 0.320 e. The van der Waals surface area contributed by atoms with Gasteiger partial charge in [-0.3, -0.25) is 4.79 Å². The molecule has 0 saturated heterocycles. The van der Waals surface area contributed by atoms with E-state index in [4.69, 9.17) is 0 Å². The zero-order chi connectivity index (χ0) is 20.2. The number of carbonyl (C=O) groups excluding carboxylic acids is 2. The molecule has 3 aromatic carbocycles. The van der Waals surface area contributed by atoms with E-state index < -0.39 is 12.1 Å². The summed E-state index contributed by atoms with van der Waals surface area (Å²) in [5.41, 5.74) is 4.61. The fourth-order valence-corrected chi connectivity index (χ4v) is 3.59. The first-order chi connectivity index (χ1) is 14.1. The maximum atomic E-state index is 13.4. The summed E-state index contributed by atoms with van der Waals surface area (Å²) in [5.74, 6) is -0.139. The average molecular weight is 385 g/mol. The molecule has 1 aliphatic rings. The first-order valence-corrected chi connectivity index (χ1v) is 9.70. The number of rotatable bonds is 4. The van der Waals surface area contributed by atoms with Gasteiger partial charge in [0.05, 0.1) is 0 Å². The molecule has 3 amide bonds. The van der Waals surface area contributed by atoms with E-state index in [9.17, 15) is 9.59 Å². The Hall–Kier alpha value is -3.60. The molecule has 0 fully saturated rings. The van der Waals surface area contributed by atoms with Crippen LogP contribution in [0.1, 0.15) is 22.7 Å². The highest BCUT2D eigenvalue weighted by molar-refractivity contribution is 6.02. The van der Waals surface area contributed by atoms with E-state index >= 15 is 0 Å². The number of para-hydroxylation sites is 1. The van der Waals surface area contributed by atoms with Crippen LogP contribution in [0, 0.1) is 6.92 Å². The number of nitrogens with one attached hydrogen (secondary N) is 2. The van der Waals surface area contributed by atoms with Crippen molar-refractivity contribution in [2.75, 3.05) is 16.8 Å². The predicted molar refractivity (Wildman–Crippen MR) is 115 cm³/mol. The number of hydrogen-bond donors (Lipinski definition) is 2. The molecule has 146 valence electrons. The zero-order valence-electron chi connectivity index (χ0n) is 16.3. The molecule has 3 aromatic rings. The molecule has 0 unspecified atom stereocenters. The first kappa shape index (κ1) is 18.7. The van der Waals surface area contributed by atoms with Gasteiger partial charge in [0.2, 0.25) is 0 Å². The number of hydrogen-bond acceptors (Lipinski definition) is 2. The molecule has 0 radical (unpaired) electrons. The molecule has 5 nitrogen and oxygen atoms in total. The number of anilines is 2. The van der Waals surface area contributed by atoms with Gasteiger partial charge in [-0.1, -0.05) is 66.2 Å². The summed E-state index contributed by atoms with van der Waals surface area (Å²) in [6.07, 6.45) is 0.818. The van der Waals surface area contributed by atoms with Crippen LogP contribution in [0.25, 0.3) is 0 Å². The normalized spacial score (nSPS) is 13.5. The van der Waals surface area contributed by atoms with Gasteiger partial charge < -0.3 is 15.5 Å². The maximum absolute atomic E-state index is 13.4. The zero-order valence-corrected chi connectivity index (χ0v) is 16.3. The summed E-state index contributed by atoms with van der Waals surface area (Å²) in [6.45, 7) is 2.60. The standard InChI is InChI=1S/C24H23N3O2/c1-17-11-13-20(14-12-17)25-24(29)26-22(19-8-3-2-4-9-19)23(28)27-16-15-18-7-5-6-10-21(18)27/h2-14,22H,15-16H2,1H3,(H2,25,26,29)/t22-/m1/s1. The second-order valence-electron chi connectivity index (χ2n) is 7.18. The fraction of sp³-hybridized carbons (Fsp3) is 0.167. The summed E-state index contributed by atoms with van der Waals surface area (Å²) in [6, 6.07) is 23.6. The van der Waals surface area contributed by atoms with Crippen LogP contribution in [0.2, 0.25) is 0 Å². The summed E-state index contributed by atoms with van der Waals surface area (Å²) < 4.78 is 0.